The molecule has 1 saturated heterocycles. The van der Waals surface area contributed by atoms with E-state index in [1.807, 2.05) is 0 Å². The molecule has 5 rings (SSSR count). The van der Waals surface area contributed by atoms with Gasteiger partial charge in [-0.15, -0.1) is 0 Å². The Balaban J connectivity index is 1.40. The zero-order valence-electron chi connectivity index (χ0n) is 13.0. The maximum absolute atomic E-state index is 12.6. The van der Waals surface area contributed by atoms with Gasteiger partial charge in [-0.3, -0.25) is 19.5 Å². The van der Waals surface area contributed by atoms with Gasteiger partial charge in [-0.2, -0.15) is 0 Å². The molecule has 4 aliphatic rings. The fraction of sp³-hybridized carbons (Fsp3) is 0.412. The Morgan fingerprint density at radius 2 is 1.83 bits per heavy atom. The Kier molecular flexibility index (Phi) is 3.55. The van der Waals surface area contributed by atoms with Gasteiger partial charge in [0.15, 0.2) is 0 Å². The van der Waals surface area contributed by atoms with E-state index in [1.165, 1.54) is 11.1 Å². The second-order valence-corrected chi connectivity index (χ2v) is 6.48. The molecule has 1 aromatic heterocycles. The molecule has 0 aromatic carbocycles. The van der Waals surface area contributed by atoms with Crippen LogP contribution in [0.2, 0.25) is 0 Å². The van der Waals surface area contributed by atoms with Gasteiger partial charge in [-0.25, -0.2) is 4.79 Å². The molecule has 1 aliphatic heterocycles. The molecule has 4 amide bonds. The number of nitrogens with zero attached hydrogens (tertiary/aromatic N) is 2. The van der Waals surface area contributed by atoms with Crippen LogP contribution in [0.4, 0.5) is 10.5 Å². The molecule has 4 atom stereocenters. The second kappa shape index (κ2) is 5.74. The molecule has 1 saturated carbocycles. The number of nitrogens with one attached hydrogen (secondary N) is 2. The van der Waals surface area contributed by atoms with Crippen LogP contribution < -0.4 is 10.6 Å². The summed E-state index contributed by atoms with van der Waals surface area (Å²) in [6.07, 6.45) is 9.20. The van der Waals surface area contributed by atoms with E-state index >= 15 is 0 Å². The van der Waals surface area contributed by atoms with Crippen LogP contribution in [-0.4, -0.2) is 34.4 Å². The number of carbonyl (C=O) groups excluding carboxylic acids is 3. The Hall–Kier alpha value is -2.70. The predicted molar refractivity (Wildman–Crippen MR) is 85.4 cm³/mol. The van der Waals surface area contributed by atoms with Gasteiger partial charge in [0.05, 0.1) is 23.7 Å². The minimum Gasteiger partial charge on any atom is -0.320 e. The summed E-state index contributed by atoms with van der Waals surface area (Å²) >= 11 is 0. The summed E-state index contributed by atoms with van der Waals surface area (Å²) in [5.74, 6) is -0.498. The lowest BCUT2D eigenvalue weighted by molar-refractivity contribution is -0.140. The van der Waals surface area contributed by atoms with Crippen LogP contribution in [0.25, 0.3) is 0 Å². The van der Waals surface area contributed by atoms with Crippen LogP contribution in [0, 0.1) is 23.7 Å². The summed E-state index contributed by atoms with van der Waals surface area (Å²) in [6, 6.07) is 2.94. The molecule has 7 nitrogen and oxygen atoms in total. The van der Waals surface area contributed by atoms with Crippen molar-refractivity contribution in [3.63, 3.8) is 0 Å². The monoisotopic (exact) mass is 326 g/mol. The molecule has 1 aromatic rings. The number of hydrogen-bond acceptors (Lipinski definition) is 4. The Morgan fingerprint density at radius 1 is 1.17 bits per heavy atom. The fourth-order valence-electron chi connectivity index (χ4n) is 4.05. The van der Waals surface area contributed by atoms with Crippen LogP contribution in [0.15, 0.2) is 36.7 Å². The standard InChI is InChI=1S/C17H18N4O3/c22-15-13-10-3-4-11(6-5-10)14(13)16(23)21(15)9-19-17(24)20-12-2-1-7-18-8-12/h1-4,7-8,10-11,13-14H,5-6,9H2,(H2,19,20,24)/t10-,11-,13-,14-/m0/s1. The number of carbonyl (C=O) groups is 3. The lowest BCUT2D eigenvalue weighted by Crippen LogP contribution is -2.43. The van der Waals surface area contributed by atoms with Gasteiger partial charge in [0.2, 0.25) is 11.8 Å². The van der Waals surface area contributed by atoms with E-state index in [4.69, 9.17) is 0 Å². The van der Waals surface area contributed by atoms with E-state index in [0.29, 0.717) is 5.69 Å². The first-order chi connectivity index (χ1) is 11.6. The van der Waals surface area contributed by atoms with Crippen molar-refractivity contribution in [3.05, 3.63) is 36.7 Å². The van der Waals surface area contributed by atoms with Crippen molar-refractivity contribution in [2.75, 3.05) is 12.0 Å². The van der Waals surface area contributed by atoms with Gasteiger partial charge in [-0.1, -0.05) is 12.2 Å². The van der Waals surface area contributed by atoms with Crippen molar-refractivity contribution >= 4 is 23.5 Å². The van der Waals surface area contributed by atoms with Gasteiger partial charge in [0.25, 0.3) is 0 Å². The number of imide groups is 1. The minimum absolute atomic E-state index is 0.101. The predicted octanol–water partition coefficient (Wildman–Crippen LogP) is 1.36. The molecule has 2 fully saturated rings. The summed E-state index contributed by atoms with van der Waals surface area (Å²) in [4.78, 5) is 42.2. The van der Waals surface area contributed by atoms with Crippen LogP contribution in [0.5, 0.6) is 0 Å². The smallest absolute Gasteiger partial charge is 0.320 e. The summed E-state index contributed by atoms with van der Waals surface area (Å²) in [5, 5.41) is 5.19. The van der Waals surface area contributed by atoms with Crippen LogP contribution in [0.3, 0.4) is 0 Å². The fourth-order valence-corrected chi connectivity index (χ4v) is 4.05. The van der Waals surface area contributed by atoms with E-state index in [-0.39, 0.29) is 42.2 Å². The molecule has 0 unspecified atom stereocenters. The molecular formula is C17H18N4O3. The normalized spacial score (nSPS) is 30.4. The molecule has 124 valence electrons. The highest BCUT2D eigenvalue weighted by atomic mass is 16.2. The number of likely N-dealkylation sites (tertiary alicyclic amines) is 1. The van der Waals surface area contributed by atoms with E-state index < -0.39 is 6.03 Å². The largest absolute Gasteiger partial charge is 0.320 e. The quantitative estimate of drug-likeness (QED) is 0.648. The molecule has 2 heterocycles. The zero-order chi connectivity index (χ0) is 16.7. The summed E-state index contributed by atoms with van der Waals surface area (Å²) in [5.41, 5.74) is 0.546. The topological polar surface area (TPSA) is 91.4 Å². The molecule has 3 aliphatic carbocycles. The van der Waals surface area contributed by atoms with Crippen LogP contribution in [0.1, 0.15) is 12.8 Å². The third-order valence-electron chi connectivity index (χ3n) is 5.17. The molecule has 0 spiro atoms. The molecule has 2 N–H and O–H groups in total. The van der Waals surface area contributed by atoms with Crippen LogP contribution in [-0.2, 0) is 9.59 Å². The van der Waals surface area contributed by atoms with Gasteiger partial charge in [0.1, 0.15) is 6.67 Å². The number of urea groups is 1. The number of allylic oxidation sites excluding steroid dienone is 2. The number of hydrogen-bond donors (Lipinski definition) is 2. The summed E-state index contributed by atoms with van der Waals surface area (Å²) in [7, 11) is 0. The lowest BCUT2D eigenvalue weighted by atomic mass is 9.63. The number of rotatable bonds is 3. The van der Waals surface area contributed by atoms with Crippen molar-refractivity contribution < 1.29 is 14.4 Å². The average molecular weight is 326 g/mol. The van der Waals surface area contributed by atoms with Crippen molar-refractivity contribution in [2.24, 2.45) is 23.7 Å². The Bertz CT molecular complexity index is 686. The van der Waals surface area contributed by atoms with E-state index in [2.05, 4.69) is 27.8 Å². The first kappa shape index (κ1) is 14.9. The van der Waals surface area contributed by atoms with Gasteiger partial charge in [0, 0.05) is 6.20 Å². The van der Waals surface area contributed by atoms with Gasteiger partial charge < -0.3 is 10.6 Å². The highest BCUT2D eigenvalue weighted by Crippen LogP contribution is 2.49. The number of amides is 4. The molecule has 2 bridgehead atoms. The van der Waals surface area contributed by atoms with Gasteiger partial charge >= 0.3 is 6.03 Å². The minimum atomic E-state index is -0.473. The third-order valence-corrected chi connectivity index (χ3v) is 5.17. The average Bonchev–Trinajstić information content (AvgIpc) is 2.88. The van der Waals surface area contributed by atoms with Crippen molar-refractivity contribution in [2.45, 2.75) is 12.8 Å². The first-order valence-corrected chi connectivity index (χ1v) is 8.13. The third kappa shape index (κ3) is 2.36. The maximum atomic E-state index is 12.6. The Labute approximate surface area is 139 Å². The first-order valence-electron chi connectivity index (χ1n) is 8.13. The van der Waals surface area contributed by atoms with Crippen molar-refractivity contribution in [1.29, 1.82) is 0 Å². The zero-order valence-corrected chi connectivity index (χ0v) is 13.0. The summed E-state index contributed by atoms with van der Waals surface area (Å²) < 4.78 is 0. The number of pyridine rings is 1. The molecular weight excluding hydrogens is 308 g/mol. The van der Waals surface area contributed by atoms with Gasteiger partial charge in [-0.05, 0) is 36.8 Å². The van der Waals surface area contributed by atoms with E-state index in [9.17, 15) is 14.4 Å². The van der Waals surface area contributed by atoms with E-state index in [0.717, 1.165) is 12.8 Å². The highest BCUT2D eigenvalue weighted by molar-refractivity contribution is 6.06. The number of aromatic nitrogens is 1. The maximum Gasteiger partial charge on any atom is 0.320 e. The number of fused-ring (bicyclic) bond motifs is 1. The molecule has 0 radical (unpaired) electrons. The SMILES string of the molecule is O=C(NCN1C(=O)[C@@H]2[C@@H](C1=O)[C@H]1C=C[C@H]2CC1)Nc1cccnc1. The van der Waals surface area contributed by atoms with Crippen LogP contribution >= 0.6 is 0 Å². The van der Waals surface area contributed by atoms with E-state index in [1.54, 1.807) is 18.3 Å². The lowest BCUT2D eigenvalue weighted by Gasteiger charge is -2.38. The number of anilines is 1. The highest BCUT2D eigenvalue weighted by Gasteiger charge is 2.56. The molecule has 7 heteroatoms. The summed E-state index contributed by atoms with van der Waals surface area (Å²) in [6.45, 7) is -0.101. The van der Waals surface area contributed by atoms with Crippen molar-refractivity contribution in [1.82, 2.24) is 15.2 Å². The molecule has 24 heavy (non-hydrogen) atoms. The second-order valence-electron chi connectivity index (χ2n) is 6.48. The van der Waals surface area contributed by atoms with Crippen molar-refractivity contribution in [3.8, 4) is 0 Å². The Morgan fingerprint density at radius 3 is 2.38 bits per heavy atom.